The zero-order valence-electron chi connectivity index (χ0n) is 10.5. The number of carbonyl (C=O) groups is 2. The van der Waals surface area contributed by atoms with E-state index in [1.807, 2.05) is 0 Å². The van der Waals surface area contributed by atoms with Crippen LogP contribution >= 0.6 is 0 Å². The zero-order valence-corrected chi connectivity index (χ0v) is 10.5. The molecule has 0 saturated heterocycles. The molecule has 0 N–H and O–H groups in total. The average Bonchev–Trinajstić information content (AvgIpc) is 2.75. The van der Waals surface area contributed by atoms with Gasteiger partial charge in [0.25, 0.3) is 0 Å². The van der Waals surface area contributed by atoms with Gasteiger partial charge in [-0.2, -0.15) is 0 Å². The van der Waals surface area contributed by atoms with Crippen molar-refractivity contribution >= 4 is 11.8 Å². The summed E-state index contributed by atoms with van der Waals surface area (Å²) in [5.74, 6) is -0.804. The molecule has 0 bridgehead atoms. The van der Waals surface area contributed by atoms with Crippen LogP contribution in [0.25, 0.3) is 0 Å². The van der Waals surface area contributed by atoms with Crippen LogP contribution in [0.2, 0.25) is 0 Å². The van der Waals surface area contributed by atoms with Crippen LogP contribution in [0.4, 0.5) is 4.39 Å². The summed E-state index contributed by atoms with van der Waals surface area (Å²) in [4.78, 5) is 23.6. The van der Waals surface area contributed by atoms with Gasteiger partial charge in [0.2, 0.25) is 0 Å². The number of halogens is 1. The summed E-state index contributed by atoms with van der Waals surface area (Å²) in [6, 6.07) is 4.61. The number of hydrogen-bond donors (Lipinski definition) is 0. The van der Waals surface area contributed by atoms with Crippen molar-refractivity contribution in [3.63, 3.8) is 0 Å². The van der Waals surface area contributed by atoms with Crippen molar-refractivity contribution in [2.45, 2.75) is 31.6 Å². The summed E-state index contributed by atoms with van der Waals surface area (Å²) in [6.45, 7) is 1.62. The first-order chi connectivity index (χ1) is 8.51. The third kappa shape index (κ3) is 1.82. The van der Waals surface area contributed by atoms with Crippen molar-refractivity contribution in [1.29, 1.82) is 0 Å². The van der Waals surface area contributed by atoms with Crippen LogP contribution in [0.1, 0.15) is 30.4 Å². The molecule has 4 heteroatoms. The van der Waals surface area contributed by atoms with Crippen molar-refractivity contribution in [1.82, 2.24) is 0 Å². The van der Waals surface area contributed by atoms with Crippen LogP contribution in [0.3, 0.4) is 0 Å². The number of methoxy groups -OCH3 is 1. The molecule has 1 aliphatic carbocycles. The normalized spacial score (nSPS) is 23.2. The number of ether oxygens (including phenoxy) is 1. The minimum absolute atomic E-state index is 0.0176. The summed E-state index contributed by atoms with van der Waals surface area (Å²) in [5.41, 5.74) is -0.0179. The average molecular weight is 250 g/mol. The lowest BCUT2D eigenvalue weighted by molar-refractivity contribution is -0.148. The van der Waals surface area contributed by atoms with Gasteiger partial charge in [-0.15, -0.1) is 0 Å². The fraction of sp³-hybridized carbons (Fsp3) is 0.429. The first-order valence-corrected chi connectivity index (χ1v) is 5.87. The molecule has 1 unspecified atom stereocenters. The molecule has 0 radical (unpaired) electrons. The van der Waals surface area contributed by atoms with E-state index >= 15 is 0 Å². The molecule has 1 aromatic carbocycles. The largest absolute Gasteiger partial charge is 0.468 e. The smallest absolute Gasteiger partial charge is 0.316 e. The van der Waals surface area contributed by atoms with E-state index in [-0.39, 0.29) is 18.0 Å². The molecule has 96 valence electrons. The van der Waals surface area contributed by atoms with Gasteiger partial charge in [0.05, 0.1) is 7.11 Å². The zero-order chi connectivity index (χ0) is 13.3. The summed E-state index contributed by atoms with van der Waals surface area (Å²) >= 11 is 0. The molecule has 18 heavy (non-hydrogen) atoms. The van der Waals surface area contributed by atoms with Crippen molar-refractivity contribution < 1.29 is 18.7 Å². The molecule has 2 rings (SSSR count). The van der Waals surface area contributed by atoms with Crippen molar-refractivity contribution in [2.24, 2.45) is 0 Å². The lowest BCUT2D eigenvalue weighted by atomic mass is 9.76. The second-order valence-electron chi connectivity index (χ2n) is 4.70. The Bertz CT molecular complexity index is 510. The highest BCUT2D eigenvalue weighted by atomic mass is 19.1. The fourth-order valence-electron chi connectivity index (χ4n) is 2.70. The van der Waals surface area contributed by atoms with Crippen molar-refractivity contribution in [2.75, 3.05) is 7.11 Å². The van der Waals surface area contributed by atoms with Crippen LogP contribution in [-0.4, -0.2) is 18.9 Å². The van der Waals surface area contributed by atoms with E-state index in [2.05, 4.69) is 0 Å². The summed E-state index contributed by atoms with van der Waals surface area (Å²) in [6.07, 6.45) is 0.831. The SMILES string of the molecule is COC(=O)C1(c2cccc(F)c2C)CCC(=O)C1. The summed E-state index contributed by atoms with van der Waals surface area (Å²) in [7, 11) is 1.29. The predicted octanol–water partition coefficient (Wildman–Crippen LogP) is 2.30. The first-order valence-electron chi connectivity index (χ1n) is 5.87. The highest BCUT2D eigenvalue weighted by Crippen LogP contribution is 2.42. The van der Waals surface area contributed by atoms with E-state index < -0.39 is 11.4 Å². The van der Waals surface area contributed by atoms with Crippen molar-refractivity contribution in [3.05, 3.63) is 35.1 Å². The first kappa shape index (κ1) is 12.7. The van der Waals surface area contributed by atoms with E-state index in [1.165, 1.54) is 13.2 Å². The Labute approximate surface area is 105 Å². The Kier molecular flexibility index (Phi) is 3.20. The molecule has 1 atom stereocenters. The van der Waals surface area contributed by atoms with Gasteiger partial charge in [0.15, 0.2) is 0 Å². The highest BCUT2D eigenvalue weighted by molar-refractivity contribution is 5.95. The van der Waals surface area contributed by atoms with Crippen LogP contribution in [-0.2, 0) is 19.7 Å². The van der Waals surface area contributed by atoms with Crippen LogP contribution in [0, 0.1) is 12.7 Å². The molecule has 1 aliphatic rings. The number of Topliss-reactive ketones (excluding diaryl/α,β-unsaturated/α-hetero) is 1. The van der Waals surface area contributed by atoms with Gasteiger partial charge in [-0.1, -0.05) is 12.1 Å². The molecule has 0 amide bonds. The van der Waals surface area contributed by atoms with Crippen LogP contribution < -0.4 is 0 Å². The molecule has 0 spiro atoms. The third-order valence-corrected chi connectivity index (χ3v) is 3.69. The molecule has 1 fully saturated rings. The maximum atomic E-state index is 13.6. The van der Waals surface area contributed by atoms with Gasteiger partial charge in [-0.25, -0.2) is 4.39 Å². The second-order valence-corrected chi connectivity index (χ2v) is 4.70. The molecule has 1 saturated carbocycles. The second kappa shape index (κ2) is 4.52. The van der Waals surface area contributed by atoms with E-state index in [9.17, 15) is 14.0 Å². The number of hydrogen-bond acceptors (Lipinski definition) is 3. The van der Waals surface area contributed by atoms with Crippen LogP contribution in [0.5, 0.6) is 0 Å². The molecule has 3 nitrogen and oxygen atoms in total. The number of benzene rings is 1. The summed E-state index contributed by atoms with van der Waals surface area (Å²) in [5, 5.41) is 0. The Hall–Kier alpha value is -1.71. The lowest BCUT2D eigenvalue weighted by Gasteiger charge is -2.27. The van der Waals surface area contributed by atoms with Gasteiger partial charge in [-0.05, 0) is 30.5 Å². The molecule has 0 aromatic heterocycles. The van der Waals surface area contributed by atoms with Crippen molar-refractivity contribution in [3.8, 4) is 0 Å². The topological polar surface area (TPSA) is 43.4 Å². The molecular formula is C14H15FO3. The minimum Gasteiger partial charge on any atom is -0.468 e. The summed E-state index contributed by atoms with van der Waals surface area (Å²) < 4.78 is 18.5. The number of ketones is 1. The molecule has 0 aliphatic heterocycles. The Morgan fingerprint density at radius 2 is 2.17 bits per heavy atom. The monoisotopic (exact) mass is 250 g/mol. The Morgan fingerprint density at radius 3 is 2.72 bits per heavy atom. The van der Waals surface area contributed by atoms with Gasteiger partial charge in [0.1, 0.15) is 17.0 Å². The van der Waals surface area contributed by atoms with Gasteiger partial charge < -0.3 is 4.74 Å². The maximum absolute atomic E-state index is 13.6. The van der Waals surface area contributed by atoms with Gasteiger partial charge >= 0.3 is 5.97 Å². The molecular weight excluding hydrogens is 235 g/mol. The number of rotatable bonds is 2. The number of esters is 1. The predicted molar refractivity (Wildman–Crippen MR) is 63.7 cm³/mol. The van der Waals surface area contributed by atoms with E-state index in [0.717, 1.165) is 0 Å². The quantitative estimate of drug-likeness (QED) is 0.756. The third-order valence-electron chi connectivity index (χ3n) is 3.69. The Balaban J connectivity index is 2.57. The van der Waals surface area contributed by atoms with E-state index in [0.29, 0.717) is 24.0 Å². The van der Waals surface area contributed by atoms with Gasteiger partial charge in [-0.3, -0.25) is 9.59 Å². The highest BCUT2D eigenvalue weighted by Gasteiger charge is 2.48. The van der Waals surface area contributed by atoms with E-state index in [4.69, 9.17) is 4.74 Å². The van der Waals surface area contributed by atoms with E-state index in [1.54, 1.807) is 19.1 Å². The lowest BCUT2D eigenvalue weighted by Crippen LogP contribution is -2.35. The van der Waals surface area contributed by atoms with Crippen LogP contribution in [0.15, 0.2) is 18.2 Å². The number of carbonyl (C=O) groups excluding carboxylic acids is 2. The molecule has 1 aromatic rings. The maximum Gasteiger partial charge on any atom is 0.316 e. The van der Waals surface area contributed by atoms with Gasteiger partial charge in [0, 0.05) is 12.8 Å². The molecule has 0 heterocycles. The minimum atomic E-state index is -1.00. The standard InChI is InChI=1S/C14H15FO3/c1-9-11(4-3-5-12(9)15)14(13(17)18-2)7-6-10(16)8-14/h3-5H,6-8H2,1-2H3. The fourth-order valence-corrected chi connectivity index (χ4v) is 2.70. The Morgan fingerprint density at radius 1 is 1.44 bits per heavy atom.